The number of carbonyl (C=O) groups is 1. The van der Waals surface area contributed by atoms with Gasteiger partial charge in [-0.1, -0.05) is 60.3 Å². The number of amides is 1. The molecular weight excluding hydrogens is 354 g/mol. The molecule has 0 spiro atoms. The Hall–Kier alpha value is -2.53. The minimum Gasteiger partial charge on any atom is -0.337 e. The van der Waals surface area contributed by atoms with Crippen molar-refractivity contribution in [2.45, 2.75) is 38.4 Å². The van der Waals surface area contributed by atoms with Crippen LogP contribution in [0.25, 0.3) is 0 Å². The maximum absolute atomic E-state index is 12.8. The summed E-state index contributed by atoms with van der Waals surface area (Å²) in [6, 6.07) is 20.2. The van der Waals surface area contributed by atoms with E-state index in [1.54, 1.807) is 0 Å². The van der Waals surface area contributed by atoms with E-state index in [1.165, 1.54) is 17.3 Å². The van der Waals surface area contributed by atoms with Gasteiger partial charge in [0, 0.05) is 23.8 Å². The maximum Gasteiger partial charge on any atom is 0.237 e. The maximum atomic E-state index is 12.8. The first-order valence-electron chi connectivity index (χ1n) is 9.14. The standard InChI is InChI=1S/C22H25N3OS/c1-16(2)25(19-12-8-5-9-13-19)21(26)15-27-22-23-17(3)20(24-22)14-18-10-6-4-7-11-18/h4-13,16H,14-15H2,1-3H3,(H,23,24). The Morgan fingerprint density at radius 3 is 2.33 bits per heavy atom. The summed E-state index contributed by atoms with van der Waals surface area (Å²) < 4.78 is 0. The van der Waals surface area contributed by atoms with Crippen LogP contribution in [0, 0.1) is 6.92 Å². The number of anilines is 1. The van der Waals surface area contributed by atoms with Gasteiger partial charge >= 0.3 is 0 Å². The van der Waals surface area contributed by atoms with Gasteiger partial charge in [-0.3, -0.25) is 4.79 Å². The van der Waals surface area contributed by atoms with Crippen molar-refractivity contribution in [1.29, 1.82) is 0 Å². The lowest BCUT2D eigenvalue weighted by Crippen LogP contribution is -2.38. The van der Waals surface area contributed by atoms with E-state index in [9.17, 15) is 4.79 Å². The van der Waals surface area contributed by atoms with E-state index in [1.807, 2.05) is 74.2 Å². The van der Waals surface area contributed by atoms with Crippen LogP contribution >= 0.6 is 11.8 Å². The Balaban J connectivity index is 1.65. The van der Waals surface area contributed by atoms with E-state index < -0.39 is 0 Å². The third kappa shape index (κ3) is 5.01. The fourth-order valence-electron chi connectivity index (χ4n) is 3.01. The van der Waals surface area contributed by atoms with Gasteiger partial charge in [0.2, 0.25) is 5.91 Å². The topological polar surface area (TPSA) is 49.0 Å². The molecule has 0 bridgehead atoms. The highest BCUT2D eigenvalue weighted by Crippen LogP contribution is 2.22. The van der Waals surface area contributed by atoms with Crippen LogP contribution in [0.15, 0.2) is 65.8 Å². The van der Waals surface area contributed by atoms with Crippen LogP contribution in [-0.2, 0) is 11.2 Å². The molecule has 1 N–H and O–H groups in total. The molecule has 2 aromatic carbocycles. The first kappa shape index (κ1) is 19.2. The molecule has 3 aromatic rings. The minimum atomic E-state index is 0.0832. The lowest BCUT2D eigenvalue weighted by Gasteiger charge is -2.26. The van der Waals surface area contributed by atoms with Crippen molar-refractivity contribution in [3.63, 3.8) is 0 Å². The molecule has 3 rings (SSSR count). The molecule has 1 amide bonds. The van der Waals surface area contributed by atoms with Gasteiger partial charge in [-0.25, -0.2) is 4.98 Å². The van der Waals surface area contributed by atoms with Crippen LogP contribution < -0.4 is 4.90 Å². The number of H-pyrrole nitrogens is 1. The van der Waals surface area contributed by atoms with Crippen LogP contribution in [0.4, 0.5) is 5.69 Å². The Kier molecular flexibility index (Phi) is 6.35. The van der Waals surface area contributed by atoms with Crippen LogP contribution in [0.2, 0.25) is 0 Å². The highest BCUT2D eigenvalue weighted by Gasteiger charge is 2.19. The van der Waals surface area contributed by atoms with E-state index in [2.05, 4.69) is 17.1 Å². The van der Waals surface area contributed by atoms with Crippen molar-refractivity contribution < 1.29 is 4.79 Å². The number of hydrogen-bond acceptors (Lipinski definition) is 3. The summed E-state index contributed by atoms with van der Waals surface area (Å²) in [6.07, 6.45) is 0.791. The Bertz CT molecular complexity index is 875. The number of carbonyl (C=O) groups excluding carboxylic acids is 1. The van der Waals surface area contributed by atoms with Crippen LogP contribution in [0.5, 0.6) is 0 Å². The van der Waals surface area contributed by atoms with E-state index in [-0.39, 0.29) is 11.9 Å². The molecular formula is C22H25N3OS. The number of imidazole rings is 1. The second-order valence-electron chi connectivity index (χ2n) is 6.76. The fourth-order valence-corrected chi connectivity index (χ4v) is 3.81. The molecule has 0 saturated carbocycles. The number of rotatable bonds is 7. The molecule has 0 unspecified atom stereocenters. The largest absolute Gasteiger partial charge is 0.337 e. The summed E-state index contributed by atoms with van der Waals surface area (Å²) >= 11 is 1.46. The predicted molar refractivity (Wildman–Crippen MR) is 112 cm³/mol. The number of nitrogens with one attached hydrogen (secondary N) is 1. The van der Waals surface area contributed by atoms with Gasteiger partial charge in [-0.2, -0.15) is 0 Å². The monoisotopic (exact) mass is 379 g/mol. The van der Waals surface area contributed by atoms with Gasteiger partial charge in [0.15, 0.2) is 5.16 Å². The summed E-state index contributed by atoms with van der Waals surface area (Å²) in [6.45, 7) is 6.09. The molecule has 0 radical (unpaired) electrons. The zero-order chi connectivity index (χ0) is 19.2. The van der Waals surface area contributed by atoms with Crippen molar-refractivity contribution in [2.75, 3.05) is 10.7 Å². The number of thioether (sulfide) groups is 1. The second kappa shape index (κ2) is 8.91. The van der Waals surface area contributed by atoms with Crippen molar-refractivity contribution in [1.82, 2.24) is 9.97 Å². The Morgan fingerprint density at radius 2 is 1.70 bits per heavy atom. The smallest absolute Gasteiger partial charge is 0.237 e. The number of hydrogen-bond donors (Lipinski definition) is 1. The molecule has 4 nitrogen and oxygen atoms in total. The summed E-state index contributed by atoms with van der Waals surface area (Å²) in [5, 5.41) is 0.795. The molecule has 0 atom stereocenters. The second-order valence-corrected chi connectivity index (χ2v) is 7.72. The fraction of sp³-hybridized carbons (Fsp3) is 0.273. The van der Waals surface area contributed by atoms with Gasteiger partial charge in [-0.05, 0) is 38.5 Å². The van der Waals surface area contributed by atoms with Crippen LogP contribution in [0.3, 0.4) is 0 Å². The average molecular weight is 380 g/mol. The zero-order valence-corrected chi connectivity index (χ0v) is 16.8. The SMILES string of the molecule is Cc1[nH]c(SCC(=O)N(c2ccccc2)C(C)C)nc1Cc1ccccc1. The molecule has 140 valence electrons. The van der Waals surface area contributed by atoms with E-state index >= 15 is 0 Å². The zero-order valence-electron chi connectivity index (χ0n) is 16.0. The third-order valence-corrected chi connectivity index (χ3v) is 5.19. The number of aryl methyl sites for hydroxylation is 1. The molecule has 0 fully saturated rings. The highest BCUT2D eigenvalue weighted by atomic mass is 32.2. The molecule has 0 aliphatic rings. The average Bonchev–Trinajstić information content (AvgIpc) is 3.01. The number of aromatic nitrogens is 2. The predicted octanol–water partition coefficient (Wildman–Crippen LogP) is 4.84. The van der Waals surface area contributed by atoms with Gasteiger partial charge in [0.05, 0.1) is 11.4 Å². The van der Waals surface area contributed by atoms with Crippen molar-refractivity contribution in [2.24, 2.45) is 0 Å². The normalized spacial score (nSPS) is 11.0. The number of nitrogens with zero attached hydrogens (tertiary/aromatic N) is 2. The quantitative estimate of drug-likeness (QED) is 0.598. The Morgan fingerprint density at radius 1 is 1.07 bits per heavy atom. The van der Waals surface area contributed by atoms with Crippen LogP contribution in [-0.4, -0.2) is 27.7 Å². The third-order valence-electron chi connectivity index (χ3n) is 4.33. The van der Waals surface area contributed by atoms with Gasteiger partial charge in [0.25, 0.3) is 0 Å². The van der Waals surface area contributed by atoms with Crippen molar-refractivity contribution >= 4 is 23.4 Å². The van der Waals surface area contributed by atoms with Crippen LogP contribution in [0.1, 0.15) is 30.8 Å². The molecule has 1 heterocycles. The van der Waals surface area contributed by atoms with Gasteiger partial charge in [0.1, 0.15) is 0 Å². The summed E-state index contributed by atoms with van der Waals surface area (Å²) in [7, 11) is 0. The first-order chi connectivity index (χ1) is 13.0. The minimum absolute atomic E-state index is 0.0832. The Labute approximate surface area is 165 Å². The number of para-hydroxylation sites is 1. The summed E-state index contributed by atoms with van der Waals surface area (Å²) in [5.74, 6) is 0.435. The first-order valence-corrected chi connectivity index (χ1v) is 10.1. The lowest BCUT2D eigenvalue weighted by atomic mass is 10.1. The summed E-state index contributed by atoms with van der Waals surface area (Å²) in [4.78, 5) is 22.6. The molecule has 1 aromatic heterocycles. The van der Waals surface area contributed by atoms with Gasteiger partial charge < -0.3 is 9.88 Å². The molecule has 0 saturated heterocycles. The van der Waals surface area contributed by atoms with E-state index in [0.29, 0.717) is 5.75 Å². The number of benzene rings is 2. The van der Waals surface area contributed by atoms with Crippen molar-refractivity contribution in [3.05, 3.63) is 77.6 Å². The molecule has 0 aliphatic carbocycles. The number of aromatic amines is 1. The lowest BCUT2D eigenvalue weighted by molar-refractivity contribution is -0.116. The van der Waals surface area contributed by atoms with E-state index in [0.717, 1.165) is 28.7 Å². The molecule has 0 aliphatic heterocycles. The summed E-state index contributed by atoms with van der Waals surface area (Å²) in [5.41, 5.74) is 4.24. The van der Waals surface area contributed by atoms with E-state index in [4.69, 9.17) is 4.98 Å². The van der Waals surface area contributed by atoms with Gasteiger partial charge in [-0.15, -0.1) is 0 Å². The highest BCUT2D eigenvalue weighted by molar-refractivity contribution is 7.99. The van der Waals surface area contributed by atoms with Crippen molar-refractivity contribution in [3.8, 4) is 0 Å². The molecule has 27 heavy (non-hydrogen) atoms. The molecule has 5 heteroatoms.